The Hall–Kier alpha value is -1.00. The molecule has 0 aliphatic rings. The molecule has 1 aromatic rings. The van der Waals surface area contributed by atoms with E-state index in [-0.39, 0.29) is 12.1 Å². The second kappa shape index (κ2) is 3.81. The first-order chi connectivity index (χ1) is 6.03. The van der Waals surface area contributed by atoms with Crippen LogP contribution in [-0.2, 0) is 6.54 Å². The number of nitrogen functional groups attached to an aromatic ring is 1. The van der Waals surface area contributed by atoms with Crippen molar-refractivity contribution in [3.8, 4) is 0 Å². The van der Waals surface area contributed by atoms with Gasteiger partial charge in [-0.15, -0.1) is 0 Å². The molecular weight excluding hydrogens is 168 g/mol. The minimum Gasteiger partial charge on any atom is -0.445 e. The van der Waals surface area contributed by atoms with E-state index in [9.17, 15) is 0 Å². The SMILES string of the molecule is CC(C)(CO)NCc1ccc(N)o1. The van der Waals surface area contributed by atoms with Crippen LogP contribution in [0, 0.1) is 0 Å². The molecule has 0 aliphatic carbocycles. The van der Waals surface area contributed by atoms with Crippen molar-refractivity contribution in [2.45, 2.75) is 25.9 Å². The summed E-state index contributed by atoms with van der Waals surface area (Å²) < 4.78 is 5.16. The number of furan rings is 1. The minimum absolute atomic E-state index is 0.0865. The molecule has 0 atom stereocenters. The summed E-state index contributed by atoms with van der Waals surface area (Å²) in [6.45, 7) is 4.49. The molecule has 0 radical (unpaired) electrons. The Kier molecular flexibility index (Phi) is 2.95. The molecule has 0 amide bonds. The molecule has 0 saturated carbocycles. The van der Waals surface area contributed by atoms with Crippen LogP contribution in [0.5, 0.6) is 0 Å². The summed E-state index contributed by atoms with van der Waals surface area (Å²) in [5.41, 5.74) is 5.12. The lowest BCUT2D eigenvalue weighted by Crippen LogP contribution is -2.41. The molecule has 1 rings (SSSR count). The lowest BCUT2D eigenvalue weighted by molar-refractivity contribution is 0.185. The van der Waals surface area contributed by atoms with Gasteiger partial charge in [0.25, 0.3) is 0 Å². The first-order valence-corrected chi connectivity index (χ1v) is 4.23. The molecule has 1 aromatic heterocycles. The Morgan fingerprint density at radius 1 is 1.54 bits per heavy atom. The Morgan fingerprint density at radius 2 is 2.23 bits per heavy atom. The molecule has 4 N–H and O–H groups in total. The molecule has 4 nitrogen and oxygen atoms in total. The smallest absolute Gasteiger partial charge is 0.190 e. The van der Waals surface area contributed by atoms with Crippen molar-refractivity contribution in [2.75, 3.05) is 12.3 Å². The van der Waals surface area contributed by atoms with E-state index in [0.29, 0.717) is 12.4 Å². The van der Waals surface area contributed by atoms with Crippen molar-refractivity contribution in [1.82, 2.24) is 5.32 Å². The molecule has 0 bridgehead atoms. The van der Waals surface area contributed by atoms with E-state index < -0.39 is 0 Å². The van der Waals surface area contributed by atoms with Crippen LogP contribution in [0.15, 0.2) is 16.5 Å². The van der Waals surface area contributed by atoms with Crippen LogP contribution in [0.2, 0.25) is 0 Å². The van der Waals surface area contributed by atoms with Crippen LogP contribution >= 0.6 is 0 Å². The zero-order chi connectivity index (χ0) is 9.90. The number of rotatable bonds is 4. The number of hydrogen-bond acceptors (Lipinski definition) is 4. The molecule has 74 valence electrons. The highest BCUT2D eigenvalue weighted by Crippen LogP contribution is 2.10. The van der Waals surface area contributed by atoms with Crippen molar-refractivity contribution in [3.63, 3.8) is 0 Å². The highest BCUT2D eigenvalue weighted by atomic mass is 16.4. The summed E-state index contributed by atoms with van der Waals surface area (Å²) in [7, 11) is 0. The second-order valence-corrected chi connectivity index (χ2v) is 3.70. The third kappa shape index (κ3) is 3.08. The minimum atomic E-state index is -0.290. The zero-order valence-corrected chi connectivity index (χ0v) is 8.00. The molecule has 13 heavy (non-hydrogen) atoms. The van der Waals surface area contributed by atoms with Gasteiger partial charge in [-0.1, -0.05) is 0 Å². The average molecular weight is 184 g/mol. The molecule has 0 aromatic carbocycles. The van der Waals surface area contributed by atoms with Crippen molar-refractivity contribution in [1.29, 1.82) is 0 Å². The molecule has 0 fully saturated rings. The predicted octanol–water partition coefficient (Wildman–Crippen LogP) is 0.722. The Bertz CT molecular complexity index is 268. The van der Waals surface area contributed by atoms with Gasteiger partial charge in [0.05, 0.1) is 13.2 Å². The Labute approximate surface area is 77.7 Å². The van der Waals surface area contributed by atoms with Crippen molar-refractivity contribution in [2.24, 2.45) is 0 Å². The maximum absolute atomic E-state index is 8.96. The van der Waals surface area contributed by atoms with Gasteiger partial charge in [-0.25, -0.2) is 0 Å². The first-order valence-electron chi connectivity index (χ1n) is 4.23. The second-order valence-electron chi connectivity index (χ2n) is 3.70. The molecule has 4 heteroatoms. The number of aliphatic hydroxyl groups is 1. The lowest BCUT2D eigenvalue weighted by atomic mass is 10.1. The van der Waals surface area contributed by atoms with E-state index in [2.05, 4.69) is 5.32 Å². The van der Waals surface area contributed by atoms with Gasteiger partial charge in [0.2, 0.25) is 0 Å². The van der Waals surface area contributed by atoms with Gasteiger partial charge in [-0.3, -0.25) is 0 Å². The normalized spacial score (nSPS) is 11.9. The topological polar surface area (TPSA) is 71.4 Å². The summed E-state index contributed by atoms with van der Waals surface area (Å²) in [4.78, 5) is 0. The van der Waals surface area contributed by atoms with E-state index in [0.717, 1.165) is 5.76 Å². The Morgan fingerprint density at radius 3 is 2.69 bits per heavy atom. The summed E-state index contributed by atoms with van der Waals surface area (Å²) in [6.07, 6.45) is 0. The number of aliphatic hydroxyl groups excluding tert-OH is 1. The third-order valence-electron chi connectivity index (χ3n) is 1.82. The summed E-state index contributed by atoms with van der Waals surface area (Å²) in [5, 5.41) is 12.1. The van der Waals surface area contributed by atoms with Crippen LogP contribution in [0.3, 0.4) is 0 Å². The lowest BCUT2D eigenvalue weighted by Gasteiger charge is -2.22. The largest absolute Gasteiger partial charge is 0.445 e. The quantitative estimate of drug-likeness (QED) is 0.645. The predicted molar refractivity (Wildman–Crippen MR) is 51.1 cm³/mol. The maximum Gasteiger partial charge on any atom is 0.190 e. The van der Waals surface area contributed by atoms with E-state index in [1.165, 1.54) is 0 Å². The summed E-state index contributed by atoms with van der Waals surface area (Å²) >= 11 is 0. The molecule has 0 aliphatic heterocycles. The van der Waals surface area contributed by atoms with Crippen molar-refractivity contribution < 1.29 is 9.52 Å². The van der Waals surface area contributed by atoms with Gasteiger partial charge in [0.15, 0.2) is 5.88 Å². The summed E-state index contributed by atoms with van der Waals surface area (Å²) in [6, 6.07) is 3.53. The highest BCUT2D eigenvalue weighted by Gasteiger charge is 2.15. The van der Waals surface area contributed by atoms with Crippen molar-refractivity contribution >= 4 is 5.88 Å². The standard InChI is InChI=1S/C9H16N2O2/c1-9(2,6-12)11-5-7-3-4-8(10)13-7/h3-4,11-12H,5-6,10H2,1-2H3. The van der Waals surface area contributed by atoms with Gasteiger partial charge >= 0.3 is 0 Å². The molecule has 1 heterocycles. The average Bonchev–Trinajstić information content (AvgIpc) is 2.48. The van der Waals surface area contributed by atoms with Crippen LogP contribution in [0.25, 0.3) is 0 Å². The fraction of sp³-hybridized carbons (Fsp3) is 0.556. The summed E-state index contributed by atoms with van der Waals surface area (Å²) in [5.74, 6) is 1.19. The van der Waals surface area contributed by atoms with Crippen LogP contribution in [0.1, 0.15) is 19.6 Å². The highest BCUT2D eigenvalue weighted by molar-refractivity contribution is 5.25. The monoisotopic (exact) mass is 184 g/mol. The zero-order valence-electron chi connectivity index (χ0n) is 8.00. The van der Waals surface area contributed by atoms with Gasteiger partial charge in [0.1, 0.15) is 5.76 Å². The number of nitrogens with two attached hydrogens (primary N) is 1. The fourth-order valence-corrected chi connectivity index (χ4v) is 0.872. The van der Waals surface area contributed by atoms with E-state index in [1.807, 2.05) is 19.9 Å². The fourth-order valence-electron chi connectivity index (χ4n) is 0.872. The number of anilines is 1. The molecular formula is C9H16N2O2. The number of hydrogen-bond donors (Lipinski definition) is 3. The van der Waals surface area contributed by atoms with E-state index >= 15 is 0 Å². The van der Waals surface area contributed by atoms with Gasteiger partial charge < -0.3 is 20.6 Å². The first kappa shape index (κ1) is 10.1. The van der Waals surface area contributed by atoms with Gasteiger partial charge in [-0.05, 0) is 19.9 Å². The van der Waals surface area contributed by atoms with Crippen molar-refractivity contribution in [3.05, 3.63) is 17.9 Å². The van der Waals surface area contributed by atoms with Gasteiger partial charge in [-0.2, -0.15) is 0 Å². The molecule has 0 unspecified atom stereocenters. The maximum atomic E-state index is 8.96. The Balaban J connectivity index is 2.43. The van der Waals surface area contributed by atoms with Crippen LogP contribution in [0.4, 0.5) is 5.88 Å². The van der Waals surface area contributed by atoms with Crippen LogP contribution in [-0.4, -0.2) is 17.3 Å². The van der Waals surface area contributed by atoms with E-state index in [1.54, 1.807) is 6.07 Å². The van der Waals surface area contributed by atoms with Gasteiger partial charge in [0, 0.05) is 11.6 Å². The van der Waals surface area contributed by atoms with Crippen LogP contribution < -0.4 is 11.1 Å². The molecule has 0 spiro atoms. The number of nitrogens with one attached hydrogen (secondary N) is 1. The molecule has 0 saturated heterocycles. The van der Waals surface area contributed by atoms with E-state index in [4.69, 9.17) is 15.3 Å². The third-order valence-corrected chi connectivity index (χ3v) is 1.82.